The van der Waals surface area contributed by atoms with E-state index in [0.29, 0.717) is 0 Å². The van der Waals surface area contributed by atoms with Gasteiger partial charge in [0.2, 0.25) is 0 Å². The molecule has 1 N–H and O–H groups in total. The van der Waals surface area contributed by atoms with Crippen LogP contribution < -0.4 is 17.7 Å². The number of aryl methyl sites for hydroxylation is 1. The molecule has 1 aliphatic heterocycles. The molecule has 1 aromatic carbocycles. The molecule has 0 aliphatic carbocycles. The Kier molecular flexibility index (Phi) is 3.97. The van der Waals surface area contributed by atoms with Crippen LogP contribution >= 0.6 is 0 Å². The van der Waals surface area contributed by atoms with Gasteiger partial charge in [0, 0.05) is 5.69 Å². The van der Waals surface area contributed by atoms with Gasteiger partial charge in [0.05, 0.1) is 7.11 Å². The number of anilines is 1. The van der Waals surface area contributed by atoms with Gasteiger partial charge in [0.25, 0.3) is 0 Å². The van der Waals surface area contributed by atoms with E-state index in [9.17, 15) is 4.79 Å². The number of hydrogen-bond donors (Lipinski definition) is 1. The van der Waals surface area contributed by atoms with E-state index < -0.39 is 0 Å². The van der Waals surface area contributed by atoms with Crippen molar-refractivity contribution in [1.82, 2.24) is 0 Å². The molecule has 0 fully saturated rings. The second-order valence-electron chi connectivity index (χ2n) is 3.42. The van der Waals surface area contributed by atoms with Crippen molar-refractivity contribution in [2.75, 3.05) is 12.4 Å². The summed E-state index contributed by atoms with van der Waals surface area (Å²) in [5.41, 5.74) is 2.32. The molecule has 3 nitrogen and oxygen atoms in total. The van der Waals surface area contributed by atoms with Gasteiger partial charge in [-0.1, -0.05) is 18.2 Å². The van der Waals surface area contributed by atoms with E-state index in [1.54, 1.807) is 0 Å². The molecule has 1 heterocycles. The number of ether oxygens (including phenoxy) is 1. The molecule has 0 spiro atoms. The molecule has 1 unspecified atom stereocenters. The number of nitrogens with one attached hydrogen (secondary N) is 1. The number of methoxy groups -OCH3 is 1. The first-order valence-electron chi connectivity index (χ1n) is 4.73. The van der Waals surface area contributed by atoms with Crippen molar-refractivity contribution in [1.29, 1.82) is 0 Å². The lowest BCUT2D eigenvalue weighted by molar-refractivity contribution is -0.141. The van der Waals surface area contributed by atoms with E-state index in [4.69, 9.17) is 4.74 Å². The Morgan fingerprint density at radius 2 is 2.20 bits per heavy atom. The summed E-state index contributed by atoms with van der Waals surface area (Å²) in [6, 6.07) is 7.86. The van der Waals surface area contributed by atoms with Crippen LogP contribution in [0.3, 0.4) is 0 Å². The predicted molar refractivity (Wildman–Crippen MR) is 54.2 cm³/mol. The van der Waals surface area contributed by atoms with Crippen LogP contribution in [0.2, 0.25) is 0 Å². The number of hydrogen-bond acceptors (Lipinski definition) is 3. The summed E-state index contributed by atoms with van der Waals surface area (Å²) in [4.78, 5) is 11.3. The summed E-state index contributed by atoms with van der Waals surface area (Å²) in [5.74, 6) is -0.181. The molecule has 1 aromatic rings. The van der Waals surface area contributed by atoms with Crippen LogP contribution in [0.25, 0.3) is 0 Å². The molecular formula is C11H13ClNO2-. The highest BCUT2D eigenvalue weighted by atomic mass is 35.5. The number of halogens is 1. The highest BCUT2D eigenvalue weighted by Crippen LogP contribution is 2.24. The van der Waals surface area contributed by atoms with Crippen molar-refractivity contribution < 1.29 is 21.9 Å². The molecular weight excluding hydrogens is 214 g/mol. The fraction of sp³-hybridized carbons (Fsp3) is 0.364. The Labute approximate surface area is 95.2 Å². The van der Waals surface area contributed by atoms with E-state index in [1.165, 1.54) is 12.7 Å². The van der Waals surface area contributed by atoms with Crippen molar-refractivity contribution in [3.8, 4) is 0 Å². The van der Waals surface area contributed by atoms with Crippen LogP contribution in [0, 0.1) is 0 Å². The number of rotatable bonds is 1. The molecule has 0 aromatic heterocycles. The zero-order chi connectivity index (χ0) is 9.97. The number of para-hydroxylation sites is 1. The lowest BCUT2D eigenvalue weighted by Crippen LogP contribution is -3.00. The Morgan fingerprint density at radius 1 is 1.47 bits per heavy atom. The Balaban J connectivity index is 0.00000112. The van der Waals surface area contributed by atoms with Crippen molar-refractivity contribution in [3.63, 3.8) is 0 Å². The number of carbonyl (C=O) groups excluding carboxylic acids is 1. The zero-order valence-corrected chi connectivity index (χ0v) is 9.25. The summed E-state index contributed by atoms with van der Waals surface area (Å²) in [6.07, 6.45) is 1.74. The Hall–Kier alpha value is -1.22. The van der Waals surface area contributed by atoms with Crippen LogP contribution in [-0.4, -0.2) is 19.1 Å². The highest BCUT2D eigenvalue weighted by molar-refractivity contribution is 5.80. The first-order valence-corrected chi connectivity index (χ1v) is 4.73. The van der Waals surface area contributed by atoms with Gasteiger partial charge in [-0.05, 0) is 24.5 Å². The summed E-state index contributed by atoms with van der Waals surface area (Å²) < 4.78 is 4.70. The smallest absolute Gasteiger partial charge is 0.328 e. The van der Waals surface area contributed by atoms with Gasteiger partial charge in [-0.15, -0.1) is 0 Å². The molecule has 4 heteroatoms. The summed E-state index contributed by atoms with van der Waals surface area (Å²) >= 11 is 0. The lowest BCUT2D eigenvalue weighted by Gasteiger charge is -2.24. The predicted octanol–water partition coefficient (Wildman–Crippen LogP) is -1.41. The van der Waals surface area contributed by atoms with Gasteiger partial charge in [-0.3, -0.25) is 0 Å². The molecule has 82 valence electrons. The summed E-state index contributed by atoms with van der Waals surface area (Å²) in [7, 11) is 1.42. The minimum atomic E-state index is -0.185. The van der Waals surface area contributed by atoms with Gasteiger partial charge in [0.15, 0.2) is 0 Å². The van der Waals surface area contributed by atoms with Gasteiger partial charge in [0.1, 0.15) is 6.04 Å². The third-order valence-electron chi connectivity index (χ3n) is 2.54. The van der Waals surface area contributed by atoms with E-state index in [0.717, 1.165) is 18.5 Å². The van der Waals surface area contributed by atoms with E-state index >= 15 is 0 Å². The molecule has 0 saturated carbocycles. The second-order valence-corrected chi connectivity index (χ2v) is 3.42. The average molecular weight is 227 g/mol. The molecule has 1 atom stereocenters. The Bertz CT molecular complexity index is 354. The minimum absolute atomic E-state index is 0. The number of carbonyl (C=O) groups is 1. The summed E-state index contributed by atoms with van der Waals surface area (Å²) in [6.45, 7) is 0. The topological polar surface area (TPSA) is 38.3 Å². The van der Waals surface area contributed by atoms with Gasteiger partial charge in [-0.25, -0.2) is 4.79 Å². The second kappa shape index (κ2) is 5.03. The Morgan fingerprint density at radius 3 is 2.93 bits per heavy atom. The first-order chi connectivity index (χ1) is 6.81. The fourth-order valence-corrected chi connectivity index (χ4v) is 1.76. The van der Waals surface area contributed by atoms with Crippen LogP contribution in [0.15, 0.2) is 24.3 Å². The molecule has 0 bridgehead atoms. The molecule has 0 saturated heterocycles. The van der Waals surface area contributed by atoms with Crippen LogP contribution in [0.4, 0.5) is 5.69 Å². The van der Waals surface area contributed by atoms with Gasteiger partial charge >= 0.3 is 5.97 Å². The van der Waals surface area contributed by atoms with E-state index in [1.807, 2.05) is 18.2 Å². The maximum Gasteiger partial charge on any atom is 0.328 e. The van der Waals surface area contributed by atoms with Crippen LogP contribution in [0.5, 0.6) is 0 Å². The standard InChI is InChI=1S/C11H13NO2.ClH/c1-14-11(13)10-7-6-8-4-2-3-5-9(8)12-10;/h2-5,10,12H,6-7H2,1H3;1H/p-1. The summed E-state index contributed by atoms with van der Waals surface area (Å²) in [5, 5.41) is 3.17. The van der Waals surface area contributed by atoms with Gasteiger partial charge < -0.3 is 22.5 Å². The average Bonchev–Trinajstić information content (AvgIpc) is 2.27. The largest absolute Gasteiger partial charge is 1.00 e. The maximum absolute atomic E-state index is 11.3. The minimum Gasteiger partial charge on any atom is -1.00 e. The normalized spacial score (nSPS) is 18.1. The van der Waals surface area contributed by atoms with Gasteiger partial charge in [-0.2, -0.15) is 0 Å². The maximum atomic E-state index is 11.3. The zero-order valence-electron chi connectivity index (χ0n) is 8.50. The van der Waals surface area contributed by atoms with Crippen molar-refractivity contribution in [2.45, 2.75) is 18.9 Å². The third kappa shape index (κ3) is 2.42. The number of esters is 1. The fourth-order valence-electron chi connectivity index (χ4n) is 1.76. The van der Waals surface area contributed by atoms with Crippen LogP contribution in [-0.2, 0) is 16.0 Å². The van der Waals surface area contributed by atoms with Crippen molar-refractivity contribution >= 4 is 11.7 Å². The molecule has 15 heavy (non-hydrogen) atoms. The monoisotopic (exact) mass is 226 g/mol. The third-order valence-corrected chi connectivity index (χ3v) is 2.54. The van der Waals surface area contributed by atoms with E-state index in [-0.39, 0.29) is 24.4 Å². The number of fused-ring (bicyclic) bond motifs is 1. The molecule has 0 radical (unpaired) electrons. The van der Waals surface area contributed by atoms with Crippen molar-refractivity contribution in [3.05, 3.63) is 29.8 Å². The van der Waals surface area contributed by atoms with Crippen LogP contribution in [0.1, 0.15) is 12.0 Å². The number of benzene rings is 1. The highest BCUT2D eigenvalue weighted by Gasteiger charge is 2.23. The SMILES string of the molecule is COC(=O)C1CCc2ccccc2N1.[Cl-]. The lowest BCUT2D eigenvalue weighted by atomic mass is 9.98. The first kappa shape index (κ1) is 11.9. The molecule has 2 rings (SSSR count). The molecule has 0 amide bonds. The molecule has 1 aliphatic rings. The quantitative estimate of drug-likeness (QED) is 0.598. The van der Waals surface area contributed by atoms with Crippen molar-refractivity contribution in [2.24, 2.45) is 0 Å². The van der Waals surface area contributed by atoms with E-state index in [2.05, 4.69) is 11.4 Å².